The molecule has 3 unspecified atom stereocenters. The molecule has 2 aromatic heterocycles. The third-order valence-corrected chi connectivity index (χ3v) is 6.16. The van der Waals surface area contributed by atoms with Crippen LogP contribution in [0.25, 0.3) is 0 Å². The van der Waals surface area contributed by atoms with Gasteiger partial charge in [0, 0.05) is 50.1 Å². The summed E-state index contributed by atoms with van der Waals surface area (Å²) in [4.78, 5) is 42.5. The predicted molar refractivity (Wildman–Crippen MR) is 121 cm³/mol. The summed E-state index contributed by atoms with van der Waals surface area (Å²) in [5.74, 6) is 0.946. The number of nitrogens with zero attached hydrogens (tertiary/aromatic N) is 5. The molecule has 0 spiro atoms. The van der Waals surface area contributed by atoms with E-state index < -0.39 is 5.92 Å². The van der Waals surface area contributed by atoms with Gasteiger partial charge in [-0.15, -0.1) is 0 Å². The van der Waals surface area contributed by atoms with E-state index in [0.717, 1.165) is 17.1 Å². The largest absolute Gasteiger partial charge is 0.475 e. The molecule has 2 fully saturated rings. The van der Waals surface area contributed by atoms with E-state index in [9.17, 15) is 9.59 Å². The Hall–Kier alpha value is -3.07. The van der Waals surface area contributed by atoms with E-state index in [1.807, 2.05) is 32.9 Å². The monoisotopic (exact) mass is 453 g/mol. The van der Waals surface area contributed by atoms with Crippen LogP contribution in [-0.4, -0.2) is 76.0 Å². The van der Waals surface area contributed by atoms with Gasteiger partial charge in [0.1, 0.15) is 18.5 Å². The van der Waals surface area contributed by atoms with Crippen LogP contribution in [0.5, 0.6) is 5.88 Å². The number of morpholine rings is 1. The maximum absolute atomic E-state index is 13.5. The second kappa shape index (κ2) is 9.82. The lowest BCUT2D eigenvalue weighted by atomic mass is 9.93. The Bertz CT molecular complexity index is 1000. The lowest BCUT2D eigenvalue weighted by molar-refractivity contribution is -0.145. The molecule has 0 aromatic carbocycles. The highest BCUT2D eigenvalue weighted by Crippen LogP contribution is 2.38. The zero-order valence-corrected chi connectivity index (χ0v) is 19.6. The van der Waals surface area contributed by atoms with Crippen LogP contribution in [-0.2, 0) is 14.3 Å². The minimum absolute atomic E-state index is 0.0320. The van der Waals surface area contributed by atoms with Crippen LogP contribution in [0.15, 0.2) is 30.6 Å². The number of pyridine rings is 1. The summed E-state index contributed by atoms with van der Waals surface area (Å²) >= 11 is 0. The number of hydrogen-bond donors (Lipinski definition) is 0. The molecule has 2 aromatic rings. The molecule has 4 heterocycles. The first kappa shape index (κ1) is 23.1. The van der Waals surface area contributed by atoms with E-state index in [2.05, 4.69) is 15.0 Å². The van der Waals surface area contributed by atoms with Crippen molar-refractivity contribution < 1.29 is 19.1 Å². The Morgan fingerprint density at radius 1 is 1.33 bits per heavy atom. The number of aryl methyl sites for hydroxylation is 1. The van der Waals surface area contributed by atoms with E-state index >= 15 is 0 Å². The number of carbonyl (C=O) groups is 2. The van der Waals surface area contributed by atoms with Gasteiger partial charge in [0.05, 0.1) is 25.1 Å². The van der Waals surface area contributed by atoms with Crippen LogP contribution in [0.4, 0.5) is 0 Å². The van der Waals surface area contributed by atoms with Crippen molar-refractivity contribution in [3.05, 3.63) is 47.7 Å². The summed E-state index contributed by atoms with van der Waals surface area (Å²) in [6, 6.07) is 5.23. The van der Waals surface area contributed by atoms with E-state index in [-0.39, 0.29) is 42.9 Å². The lowest BCUT2D eigenvalue weighted by Crippen LogP contribution is -2.50. The molecule has 0 N–H and O–H groups in total. The molecule has 176 valence electrons. The standard InChI is InChI=1S/C24H31N5O4/c1-15(2)23-26-16(3)10-20(27-23)33-14-18-13-29(8-9-32-18)24(31)19-11-21(30)28(4)22(19)17-6-5-7-25-12-17/h5-7,10,12,15,18-19,22H,8-9,11,13-14H2,1-4H3. The molecule has 0 radical (unpaired) electrons. The highest BCUT2D eigenvalue weighted by Gasteiger charge is 2.45. The molecule has 3 atom stereocenters. The molecular formula is C24H31N5O4. The number of rotatable bonds is 6. The van der Waals surface area contributed by atoms with Gasteiger partial charge in [0.25, 0.3) is 0 Å². The van der Waals surface area contributed by atoms with Gasteiger partial charge in [-0.2, -0.15) is 4.98 Å². The van der Waals surface area contributed by atoms with Gasteiger partial charge < -0.3 is 19.3 Å². The van der Waals surface area contributed by atoms with Gasteiger partial charge in [-0.25, -0.2) is 4.98 Å². The van der Waals surface area contributed by atoms with Crippen LogP contribution in [0.3, 0.4) is 0 Å². The van der Waals surface area contributed by atoms with Crippen LogP contribution in [0.2, 0.25) is 0 Å². The molecule has 2 amide bonds. The van der Waals surface area contributed by atoms with Crippen LogP contribution in [0, 0.1) is 12.8 Å². The minimum Gasteiger partial charge on any atom is -0.475 e. The lowest BCUT2D eigenvalue weighted by Gasteiger charge is -2.35. The van der Waals surface area contributed by atoms with Crippen molar-refractivity contribution in [3.63, 3.8) is 0 Å². The molecule has 0 bridgehead atoms. The van der Waals surface area contributed by atoms with Gasteiger partial charge in [-0.3, -0.25) is 14.6 Å². The average Bonchev–Trinajstić information content (AvgIpc) is 3.11. The minimum atomic E-state index is -0.440. The number of aromatic nitrogens is 3. The molecule has 33 heavy (non-hydrogen) atoms. The van der Waals surface area contributed by atoms with Gasteiger partial charge in [-0.1, -0.05) is 19.9 Å². The topological polar surface area (TPSA) is 97.8 Å². The van der Waals surface area contributed by atoms with Crippen molar-refractivity contribution in [1.29, 1.82) is 0 Å². The van der Waals surface area contributed by atoms with Gasteiger partial charge in [0.2, 0.25) is 17.7 Å². The fourth-order valence-electron chi connectivity index (χ4n) is 4.43. The molecular weight excluding hydrogens is 422 g/mol. The molecule has 2 aliphatic heterocycles. The van der Waals surface area contributed by atoms with E-state index in [1.165, 1.54) is 0 Å². The number of hydrogen-bond acceptors (Lipinski definition) is 7. The molecule has 9 heteroatoms. The van der Waals surface area contributed by atoms with Gasteiger partial charge in [0.15, 0.2) is 0 Å². The molecule has 4 rings (SSSR count). The Morgan fingerprint density at radius 3 is 2.88 bits per heavy atom. The summed E-state index contributed by atoms with van der Waals surface area (Å²) in [6.07, 6.45) is 3.34. The van der Waals surface area contributed by atoms with Crippen molar-refractivity contribution in [2.45, 2.75) is 45.3 Å². The van der Waals surface area contributed by atoms with E-state index in [1.54, 1.807) is 35.3 Å². The molecule has 2 aliphatic rings. The van der Waals surface area contributed by atoms with Crippen LogP contribution < -0.4 is 4.74 Å². The first-order chi connectivity index (χ1) is 15.8. The van der Waals surface area contributed by atoms with Crippen molar-refractivity contribution in [1.82, 2.24) is 24.8 Å². The van der Waals surface area contributed by atoms with Crippen molar-refractivity contribution in [2.75, 3.05) is 33.4 Å². The normalized spacial score (nSPS) is 23.3. The number of carbonyl (C=O) groups excluding carboxylic acids is 2. The first-order valence-corrected chi connectivity index (χ1v) is 11.4. The summed E-state index contributed by atoms with van der Waals surface area (Å²) < 4.78 is 11.8. The zero-order chi connectivity index (χ0) is 23.5. The van der Waals surface area contributed by atoms with E-state index in [4.69, 9.17) is 9.47 Å². The fraction of sp³-hybridized carbons (Fsp3) is 0.542. The fourth-order valence-corrected chi connectivity index (χ4v) is 4.43. The summed E-state index contributed by atoms with van der Waals surface area (Å²) in [5, 5.41) is 0. The molecule has 9 nitrogen and oxygen atoms in total. The predicted octanol–water partition coefficient (Wildman–Crippen LogP) is 2.13. The second-order valence-corrected chi connectivity index (χ2v) is 8.99. The van der Waals surface area contributed by atoms with Crippen LogP contribution >= 0.6 is 0 Å². The number of amides is 2. The highest BCUT2D eigenvalue weighted by atomic mass is 16.5. The second-order valence-electron chi connectivity index (χ2n) is 8.99. The molecule has 2 saturated heterocycles. The van der Waals surface area contributed by atoms with E-state index in [0.29, 0.717) is 25.6 Å². The summed E-state index contributed by atoms with van der Waals surface area (Å²) in [7, 11) is 1.75. The van der Waals surface area contributed by atoms with Gasteiger partial charge in [-0.05, 0) is 18.6 Å². The van der Waals surface area contributed by atoms with Gasteiger partial charge >= 0.3 is 0 Å². The summed E-state index contributed by atoms with van der Waals surface area (Å²) in [5.41, 5.74) is 1.72. The third-order valence-electron chi connectivity index (χ3n) is 6.16. The quantitative estimate of drug-likeness (QED) is 0.661. The zero-order valence-electron chi connectivity index (χ0n) is 19.6. The van der Waals surface area contributed by atoms with Crippen molar-refractivity contribution in [2.24, 2.45) is 5.92 Å². The SMILES string of the molecule is Cc1cc(OCC2CN(C(=O)C3CC(=O)N(C)C3c3cccnc3)CCO2)nc(C(C)C)n1. The smallest absolute Gasteiger partial charge is 0.228 e. The molecule has 0 saturated carbocycles. The molecule has 0 aliphatic carbocycles. The Morgan fingerprint density at radius 2 is 2.15 bits per heavy atom. The Kier molecular flexibility index (Phi) is 6.88. The van der Waals surface area contributed by atoms with Crippen molar-refractivity contribution >= 4 is 11.8 Å². The third kappa shape index (κ3) is 5.13. The number of ether oxygens (including phenoxy) is 2. The highest BCUT2D eigenvalue weighted by molar-refractivity contribution is 5.90. The Labute approximate surface area is 194 Å². The maximum Gasteiger partial charge on any atom is 0.228 e. The Balaban J connectivity index is 1.42. The maximum atomic E-state index is 13.5. The van der Waals surface area contributed by atoms with Crippen molar-refractivity contribution in [3.8, 4) is 5.88 Å². The number of likely N-dealkylation sites (tertiary alicyclic amines) is 1. The average molecular weight is 454 g/mol. The summed E-state index contributed by atoms with van der Waals surface area (Å²) in [6.45, 7) is 7.60. The first-order valence-electron chi connectivity index (χ1n) is 11.4. The van der Waals surface area contributed by atoms with Crippen LogP contribution in [0.1, 0.15) is 49.3 Å².